The average molecular weight is 270 g/mol. The van der Waals surface area contributed by atoms with Crippen molar-refractivity contribution in [2.75, 3.05) is 19.6 Å². The molecule has 1 aromatic heterocycles. The third-order valence-electron chi connectivity index (χ3n) is 3.46. The Bertz CT molecular complexity index is 424. The van der Waals surface area contributed by atoms with Gasteiger partial charge in [-0.05, 0) is 32.4 Å². The van der Waals surface area contributed by atoms with E-state index in [0.717, 1.165) is 26.1 Å². The van der Waals surface area contributed by atoms with Crippen LogP contribution in [0.5, 0.6) is 0 Å². The third-order valence-corrected chi connectivity index (χ3v) is 3.67. The lowest BCUT2D eigenvalue weighted by Gasteiger charge is -2.24. The normalized spacial score (nSPS) is 19.2. The number of carbonyl (C=O) groups is 1. The summed E-state index contributed by atoms with van der Waals surface area (Å²) >= 11 is 5.92. The molecule has 1 atom stereocenters. The molecule has 1 amide bonds. The summed E-state index contributed by atoms with van der Waals surface area (Å²) in [5.41, 5.74) is 0.653. The molecule has 0 aromatic carbocycles. The monoisotopic (exact) mass is 269 g/mol. The number of nitrogens with zero attached hydrogens (tertiary/aromatic N) is 2. The quantitative estimate of drug-likeness (QED) is 0.906. The molecule has 2 heterocycles. The van der Waals surface area contributed by atoms with Gasteiger partial charge in [0, 0.05) is 32.4 Å². The SMILES string of the molecule is CCN(CC1CCCN1)C(=O)c1cc(Cl)cn1C. The molecule has 1 aromatic rings. The first-order valence-electron chi connectivity index (χ1n) is 6.46. The fraction of sp³-hybridized carbons (Fsp3) is 0.615. The van der Waals surface area contributed by atoms with Crippen LogP contribution in [0.15, 0.2) is 12.3 Å². The summed E-state index contributed by atoms with van der Waals surface area (Å²) in [5.74, 6) is 0.0561. The molecule has 0 aliphatic carbocycles. The molecule has 1 fully saturated rings. The van der Waals surface area contributed by atoms with Gasteiger partial charge in [0.15, 0.2) is 0 Å². The summed E-state index contributed by atoms with van der Waals surface area (Å²) in [6, 6.07) is 2.17. The van der Waals surface area contributed by atoms with Crippen LogP contribution >= 0.6 is 11.6 Å². The Morgan fingerprint density at radius 2 is 2.44 bits per heavy atom. The van der Waals surface area contributed by atoms with Crippen molar-refractivity contribution < 1.29 is 4.79 Å². The molecule has 1 N–H and O–H groups in total. The van der Waals surface area contributed by atoms with Crippen molar-refractivity contribution >= 4 is 17.5 Å². The van der Waals surface area contributed by atoms with E-state index >= 15 is 0 Å². The van der Waals surface area contributed by atoms with Gasteiger partial charge in [-0.3, -0.25) is 4.79 Å². The van der Waals surface area contributed by atoms with Gasteiger partial charge < -0.3 is 14.8 Å². The summed E-state index contributed by atoms with van der Waals surface area (Å²) in [4.78, 5) is 14.3. The number of halogens is 1. The van der Waals surface area contributed by atoms with E-state index in [0.29, 0.717) is 16.8 Å². The second kappa shape index (κ2) is 5.76. The molecule has 0 saturated carbocycles. The number of amides is 1. The minimum atomic E-state index is 0.0561. The topological polar surface area (TPSA) is 37.3 Å². The van der Waals surface area contributed by atoms with Crippen LogP contribution in [0.1, 0.15) is 30.3 Å². The van der Waals surface area contributed by atoms with E-state index in [1.54, 1.807) is 16.8 Å². The van der Waals surface area contributed by atoms with E-state index in [4.69, 9.17) is 11.6 Å². The Hall–Kier alpha value is -1.00. The second-order valence-corrected chi connectivity index (χ2v) is 5.23. The van der Waals surface area contributed by atoms with Gasteiger partial charge in [0.05, 0.1) is 5.02 Å². The number of nitrogens with one attached hydrogen (secondary N) is 1. The standard InChI is InChI=1S/C13H20ClN3O/c1-3-17(9-11-5-4-6-15-11)13(18)12-7-10(14)8-16(12)2/h7-8,11,15H,3-6,9H2,1-2H3. The van der Waals surface area contributed by atoms with E-state index in [1.807, 2.05) is 18.9 Å². The highest BCUT2D eigenvalue weighted by Crippen LogP contribution is 2.16. The second-order valence-electron chi connectivity index (χ2n) is 4.79. The minimum absolute atomic E-state index is 0.0561. The van der Waals surface area contributed by atoms with Crippen molar-refractivity contribution in [3.63, 3.8) is 0 Å². The molecule has 0 bridgehead atoms. The van der Waals surface area contributed by atoms with Gasteiger partial charge in [0.1, 0.15) is 5.69 Å². The van der Waals surface area contributed by atoms with Gasteiger partial charge in [-0.1, -0.05) is 11.6 Å². The number of carbonyl (C=O) groups excluding carboxylic acids is 1. The summed E-state index contributed by atoms with van der Waals surface area (Å²) in [6.07, 6.45) is 4.11. The minimum Gasteiger partial charge on any atom is -0.345 e. The predicted molar refractivity (Wildman–Crippen MR) is 73.0 cm³/mol. The number of rotatable bonds is 4. The molecule has 18 heavy (non-hydrogen) atoms. The van der Waals surface area contributed by atoms with Crippen LogP contribution in [-0.4, -0.2) is 41.1 Å². The molecule has 100 valence electrons. The highest BCUT2D eigenvalue weighted by molar-refractivity contribution is 6.31. The molecule has 4 nitrogen and oxygen atoms in total. The van der Waals surface area contributed by atoms with E-state index < -0.39 is 0 Å². The van der Waals surface area contributed by atoms with Crippen molar-refractivity contribution in [1.29, 1.82) is 0 Å². The molecule has 1 unspecified atom stereocenters. The smallest absolute Gasteiger partial charge is 0.270 e. The summed E-state index contributed by atoms with van der Waals surface area (Å²) in [5, 5.41) is 4.03. The Morgan fingerprint density at radius 3 is 2.94 bits per heavy atom. The van der Waals surface area contributed by atoms with Crippen molar-refractivity contribution in [2.24, 2.45) is 7.05 Å². The molecule has 0 radical (unpaired) electrons. The zero-order valence-electron chi connectivity index (χ0n) is 10.9. The van der Waals surface area contributed by atoms with E-state index in [9.17, 15) is 4.79 Å². The van der Waals surface area contributed by atoms with E-state index in [-0.39, 0.29) is 5.91 Å². The maximum atomic E-state index is 12.4. The molecule has 1 aliphatic heterocycles. The van der Waals surface area contributed by atoms with Crippen molar-refractivity contribution in [1.82, 2.24) is 14.8 Å². The van der Waals surface area contributed by atoms with E-state index in [2.05, 4.69) is 5.32 Å². The Labute approximate surface area is 113 Å². The number of likely N-dealkylation sites (N-methyl/N-ethyl adjacent to an activating group) is 1. The number of hydrogen-bond donors (Lipinski definition) is 1. The maximum Gasteiger partial charge on any atom is 0.270 e. The zero-order valence-corrected chi connectivity index (χ0v) is 11.7. The lowest BCUT2D eigenvalue weighted by atomic mass is 10.2. The van der Waals surface area contributed by atoms with Crippen LogP contribution in [0.4, 0.5) is 0 Å². The van der Waals surface area contributed by atoms with Gasteiger partial charge >= 0.3 is 0 Å². The van der Waals surface area contributed by atoms with Crippen molar-refractivity contribution in [3.8, 4) is 0 Å². The summed E-state index contributed by atoms with van der Waals surface area (Å²) < 4.78 is 1.79. The van der Waals surface area contributed by atoms with Gasteiger partial charge in [0.25, 0.3) is 5.91 Å². The van der Waals surface area contributed by atoms with Crippen molar-refractivity contribution in [2.45, 2.75) is 25.8 Å². The molecule has 2 rings (SSSR count). The van der Waals surface area contributed by atoms with Gasteiger partial charge in [0.2, 0.25) is 0 Å². The number of aromatic nitrogens is 1. The van der Waals surface area contributed by atoms with Gasteiger partial charge in [-0.2, -0.15) is 0 Å². The molecular formula is C13H20ClN3O. The largest absolute Gasteiger partial charge is 0.345 e. The summed E-state index contributed by atoms with van der Waals surface area (Å²) in [7, 11) is 1.85. The van der Waals surface area contributed by atoms with Crippen LogP contribution in [0.3, 0.4) is 0 Å². The fourth-order valence-corrected chi connectivity index (χ4v) is 2.68. The fourth-order valence-electron chi connectivity index (χ4n) is 2.43. The van der Waals surface area contributed by atoms with Gasteiger partial charge in [-0.25, -0.2) is 0 Å². The third kappa shape index (κ3) is 2.87. The molecule has 1 saturated heterocycles. The lowest BCUT2D eigenvalue weighted by molar-refractivity contribution is 0.0741. The summed E-state index contributed by atoms with van der Waals surface area (Å²) in [6.45, 7) is 4.57. The van der Waals surface area contributed by atoms with Gasteiger partial charge in [-0.15, -0.1) is 0 Å². The van der Waals surface area contributed by atoms with Crippen LogP contribution < -0.4 is 5.32 Å². The Kier molecular flexibility index (Phi) is 4.30. The van der Waals surface area contributed by atoms with Crippen LogP contribution in [0, 0.1) is 0 Å². The maximum absolute atomic E-state index is 12.4. The molecular weight excluding hydrogens is 250 g/mol. The first-order chi connectivity index (χ1) is 8.61. The average Bonchev–Trinajstić information content (AvgIpc) is 2.95. The Balaban J connectivity index is 2.07. The Morgan fingerprint density at radius 1 is 1.67 bits per heavy atom. The zero-order chi connectivity index (χ0) is 13.1. The van der Waals surface area contributed by atoms with Crippen LogP contribution in [-0.2, 0) is 7.05 Å². The highest BCUT2D eigenvalue weighted by Gasteiger charge is 2.22. The van der Waals surface area contributed by atoms with Crippen LogP contribution in [0.25, 0.3) is 0 Å². The first kappa shape index (κ1) is 13.4. The van der Waals surface area contributed by atoms with Crippen molar-refractivity contribution in [3.05, 3.63) is 23.0 Å². The van der Waals surface area contributed by atoms with E-state index in [1.165, 1.54) is 6.42 Å². The van der Waals surface area contributed by atoms with Crippen LogP contribution in [0.2, 0.25) is 5.02 Å². The first-order valence-corrected chi connectivity index (χ1v) is 6.84. The lowest BCUT2D eigenvalue weighted by Crippen LogP contribution is -2.41. The molecule has 5 heteroatoms. The highest BCUT2D eigenvalue weighted by atomic mass is 35.5. The molecule has 0 spiro atoms. The number of hydrogen-bond acceptors (Lipinski definition) is 2. The predicted octanol–water partition coefficient (Wildman–Crippen LogP) is 1.89. The number of aryl methyl sites for hydroxylation is 1. The molecule has 1 aliphatic rings.